The summed E-state index contributed by atoms with van der Waals surface area (Å²) < 4.78 is 3.97. The number of ketones is 2. The number of rotatable bonds is 6. The van der Waals surface area contributed by atoms with Gasteiger partial charge in [0, 0.05) is 20.8 Å². The van der Waals surface area contributed by atoms with E-state index >= 15 is 0 Å². The molecular weight excluding hydrogens is 304 g/mol. The molecule has 0 aliphatic heterocycles. The molecule has 0 bridgehead atoms. The average molecular weight is 324 g/mol. The molecular formula is C12H20O10. The second-order valence-electron chi connectivity index (χ2n) is 4.18. The maximum Gasteiger partial charge on any atom is 0.310 e. The summed E-state index contributed by atoms with van der Waals surface area (Å²) in [5.74, 6) is -3.38. The van der Waals surface area contributed by atoms with Crippen LogP contribution in [0.2, 0.25) is 0 Å². The molecule has 4 atom stereocenters. The molecule has 0 spiro atoms. The van der Waals surface area contributed by atoms with Gasteiger partial charge in [0.2, 0.25) is 5.78 Å². The lowest BCUT2D eigenvalue weighted by Gasteiger charge is -2.24. The Kier molecular flexibility index (Phi) is 11.2. The molecule has 10 nitrogen and oxygen atoms in total. The Bertz CT molecular complexity index is 393. The van der Waals surface area contributed by atoms with E-state index in [1.165, 1.54) is 13.8 Å². The number of ether oxygens (including phenoxy) is 1. The summed E-state index contributed by atoms with van der Waals surface area (Å²) >= 11 is 0. The zero-order valence-corrected chi connectivity index (χ0v) is 12.3. The zero-order chi connectivity index (χ0) is 18.0. The van der Waals surface area contributed by atoms with Crippen LogP contribution >= 0.6 is 0 Å². The highest BCUT2D eigenvalue weighted by atomic mass is 16.6. The van der Waals surface area contributed by atoms with E-state index in [0.29, 0.717) is 0 Å². The molecule has 0 aromatic heterocycles. The fourth-order valence-electron chi connectivity index (χ4n) is 1.09. The number of aliphatic hydroxyl groups excluding tert-OH is 5. The smallest absolute Gasteiger partial charge is 0.310 e. The van der Waals surface area contributed by atoms with Crippen molar-refractivity contribution in [2.75, 3.05) is 6.61 Å². The van der Waals surface area contributed by atoms with Crippen LogP contribution in [0.1, 0.15) is 20.8 Å². The van der Waals surface area contributed by atoms with E-state index in [2.05, 4.69) is 4.74 Å². The van der Waals surface area contributed by atoms with Gasteiger partial charge in [-0.2, -0.15) is 0 Å². The molecule has 22 heavy (non-hydrogen) atoms. The van der Waals surface area contributed by atoms with Crippen molar-refractivity contribution >= 4 is 23.5 Å². The van der Waals surface area contributed by atoms with Crippen LogP contribution in [0.3, 0.4) is 0 Å². The van der Waals surface area contributed by atoms with Gasteiger partial charge < -0.3 is 30.3 Å². The Morgan fingerprint density at radius 2 is 1.27 bits per heavy atom. The molecule has 0 fully saturated rings. The van der Waals surface area contributed by atoms with E-state index in [9.17, 15) is 19.2 Å². The van der Waals surface area contributed by atoms with E-state index in [-0.39, 0.29) is 0 Å². The topological polar surface area (TPSA) is 179 Å². The van der Waals surface area contributed by atoms with E-state index in [0.717, 1.165) is 6.92 Å². The Hall–Kier alpha value is -1.72. The fraction of sp³-hybridized carbons (Fsp3) is 0.667. The van der Waals surface area contributed by atoms with Crippen LogP contribution < -0.4 is 0 Å². The van der Waals surface area contributed by atoms with Crippen LogP contribution in [0.15, 0.2) is 0 Å². The molecule has 0 heterocycles. The number of hydrogen-bond acceptors (Lipinski definition) is 10. The highest BCUT2D eigenvalue weighted by Gasteiger charge is 2.35. The van der Waals surface area contributed by atoms with Gasteiger partial charge in [0.1, 0.15) is 24.4 Å². The third-order valence-electron chi connectivity index (χ3n) is 2.16. The number of carbonyl (C=O) groups excluding carboxylic acids is 4. The third kappa shape index (κ3) is 9.26. The SMILES string of the molecule is CC(=O)C(=O)C(O)C(O)C(O)C(O)CO.CC(=O)OC(C)=O. The van der Waals surface area contributed by atoms with Crippen molar-refractivity contribution in [3.63, 3.8) is 0 Å². The molecule has 0 aromatic carbocycles. The molecule has 5 N–H and O–H groups in total. The standard InChI is InChI=1S/C8H14O7.C4H6O3/c1-3(10)5(12)7(14)8(15)6(13)4(11)2-9;1-3(5)7-4(2)6/h4,6-9,11,13-15H,2H2,1H3;1-2H3. The summed E-state index contributed by atoms with van der Waals surface area (Å²) in [6.45, 7) is 2.41. The van der Waals surface area contributed by atoms with Crippen molar-refractivity contribution in [2.24, 2.45) is 0 Å². The third-order valence-corrected chi connectivity index (χ3v) is 2.16. The monoisotopic (exact) mass is 324 g/mol. The summed E-state index contributed by atoms with van der Waals surface area (Å²) in [6, 6.07) is 0. The van der Waals surface area contributed by atoms with Crippen molar-refractivity contribution < 1.29 is 49.4 Å². The van der Waals surface area contributed by atoms with Crippen LogP contribution in [0.25, 0.3) is 0 Å². The number of aliphatic hydroxyl groups is 5. The van der Waals surface area contributed by atoms with Crippen LogP contribution in [0.4, 0.5) is 0 Å². The number of carbonyl (C=O) groups is 4. The van der Waals surface area contributed by atoms with Gasteiger partial charge in [-0.3, -0.25) is 19.2 Å². The first-order chi connectivity index (χ1) is 9.95. The number of hydrogen-bond donors (Lipinski definition) is 5. The van der Waals surface area contributed by atoms with Crippen LogP contribution in [-0.2, 0) is 23.9 Å². The van der Waals surface area contributed by atoms with Gasteiger partial charge in [0.05, 0.1) is 6.61 Å². The second kappa shape index (κ2) is 10.9. The average Bonchev–Trinajstić information content (AvgIpc) is 2.42. The van der Waals surface area contributed by atoms with Gasteiger partial charge in [-0.25, -0.2) is 0 Å². The van der Waals surface area contributed by atoms with Crippen LogP contribution in [0, 0.1) is 0 Å². The molecule has 10 heteroatoms. The van der Waals surface area contributed by atoms with E-state index in [4.69, 9.17) is 25.5 Å². The molecule has 0 amide bonds. The quantitative estimate of drug-likeness (QED) is 0.188. The minimum atomic E-state index is -2.11. The first kappa shape index (κ1) is 22.6. The van der Waals surface area contributed by atoms with Crippen molar-refractivity contribution in [1.82, 2.24) is 0 Å². The minimum absolute atomic E-state index is 0.562. The Morgan fingerprint density at radius 3 is 1.50 bits per heavy atom. The summed E-state index contributed by atoms with van der Waals surface area (Å²) in [5, 5.41) is 44.7. The van der Waals surface area contributed by atoms with Gasteiger partial charge in [-0.05, 0) is 0 Å². The van der Waals surface area contributed by atoms with Gasteiger partial charge in [0.15, 0.2) is 5.78 Å². The normalized spacial score (nSPS) is 15.5. The van der Waals surface area contributed by atoms with E-state index in [1.807, 2.05) is 0 Å². The van der Waals surface area contributed by atoms with Gasteiger partial charge >= 0.3 is 11.9 Å². The highest BCUT2D eigenvalue weighted by Crippen LogP contribution is 2.06. The van der Waals surface area contributed by atoms with Crippen LogP contribution in [-0.4, -0.2) is 80.1 Å². The summed E-state index contributed by atoms with van der Waals surface area (Å²) in [5.41, 5.74) is 0. The van der Waals surface area contributed by atoms with Crippen molar-refractivity contribution in [2.45, 2.75) is 45.2 Å². The van der Waals surface area contributed by atoms with Gasteiger partial charge in [-0.15, -0.1) is 0 Å². The maximum absolute atomic E-state index is 10.9. The number of esters is 2. The predicted molar refractivity (Wildman–Crippen MR) is 69.2 cm³/mol. The Morgan fingerprint density at radius 1 is 0.864 bits per heavy atom. The summed E-state index contributed by atoms with van der Waals surface area (Å²) in [6.07, 6.45) is -7.75. The largest absolute Gasteiger partial charge is 0.394 e. The molecule has 0 aliphatic carbocycles. The summed E-state index contributed by atoms with van der Waals surface area (Å²) in [7, 11) is 0. The predicted octanol–water partition coefficient (Wildman–Crippen LogP) is -3.32. The maximum atomic E-state index is 10.9. The molecule has 0 aromatic rings. The van der Waals surface area contributed by atoms with Gasteiger partial charge in [-0.1, -0.05) is 0 Å². The Balaban J connectivity index is 0. The molecule has 0 saturated heterocycles. The minimum Gasteiger partial charge on any atom is -0.394 e. The lowest BCUT2D eigenvalue weighted by molar-refractivity contribution is -0.156. The molecule has 128 valence electrons. The van der Waals surface area contributed by atoms with Crippen LogP contribution in [0.5, 0.6) is 0 Å². The first-order valence-electron chi connectivity index (χ1n) is 6.02. The number of Topliss-reactive ketones (excluding diaryl/α,β-unsaturated/α-hetero) is 2. The van der Waals surface area contributed by atoms with Crippen molar-refractivity contribution in [3.05, 3.63) is 0 Å². The second-order valence-corrected chi connectivity index (χ2v) is 4.18. The van der Waals surface area contributed by atoms with E-state index < -0.39 is 54.5 Å². The van der Waals surface area contributed by atoms with E-state index in [1.54, 1.807) is 0 Å². The first-order valence-corrected chi connectivity index (χ1v) is 6.02. The van der Waals surface area contributed by atoms with Gasteiger partial charge in [0.25, 0.3) is 0 Å². The summed E-state index contributed by atoms with van der Waals surface area (Å²) in [4.78, 5) is 41.0. The highest BCUT2D eigenvalue weighted by molar-refractivity contribution is 6.38. The lowest BCUT2D eigenvalue weighted by atomic mass is 9.99. The molecule has 0 aliphatic rings. The lowest BCUT2D eigenvalue weighted by Crippen LogP contribution is -2.49. The molecule has 0 saturated carbocycles. The molecule has 0 rings (SSSR count). The fourth-order valence-corrected chi connectivity index (χ4v) is 1.09. The van der Waals surface area contributed by atoms with Crippen molar-refractivity contribution in [1.29, 1.82) is 0 Å². The molecule has 4 unspecified atom stereocenters. The van der Waals surface area contributed by atoms with Crippen molar-refractivity contribution in [3.8, 4) is 0 Å². The zero-order valence-electron chi connectivity index (χ0n) is 12.3. The Labute approximate surface area is 125 Å². The molecule has 0 radical (unpaired) electrons.